The number of β-amino-alcohol motifs (C(OH)–C–C–N with tert-alkyl or cyclic N) is 2. The molecule has 3 N–H and O–H groups in total. The summed E-state index contributed by atoms with van der Waals surface area (Å²) in [6.45, 7) is 4.15. The SMILES string of the molecule is OCCN1CC2(c3ccccc3)CN(CCO)CC(c3ccccc3)(C1)C2O. The van der Waals surface area contributed by atoms with Crippen LogP contribution in [-0.4, -0.2) is 83.7 Å². The summed E-state index contributed by atoms with van der Waals surface area (Å²) in [7, 11) is 0. The van der Waals surface area contributed by atoms with Crippen LogP contribution >= 0.6 is 0 Å². The number of aliphatic hydroxyl groups is 3. The van der Waals surface area contributed by atoms with Gasteiger partial charge in [-0.1, -0.05) is 60.7 Å². The largest absolute Gasteiger partial charge is 0.395 e. The molecule has 0 aliphatic carbocycles. The summed E-state index contributed by atoms with van der Waals surface area (Å²) in [5.41, 5.74) is 1.29. The average Bonchev–Trinajstić information content (AvgIpc) is 2.71. The van der Waals surface area contributed by atoms with Gasteiger partial charge in [-0.2, -0.15) is 0 Å². The highest BCUT2D eigenvalue weighted by atomic mass is 16.3. The molecule has 2 aliphatic rings. The number of rotatable bonds is 6. The van der Waals surface area contributed by atoms with Crippen molar-refractivity contribution in [1.82, 2.24) is 9.80 Å². The van der Waals surface area contributed by atoms with Gasteiger partial charge < -0.3 is 15.3 Å². The molecular weight excluding hydrogens is 352 g/mol. The van der Waals surface area contributed by atoms with Crippen LogP contribution < -0.4 is 0 Å². The number of piperidine rings is 2. The molecule has 150 valence electrons. The molecule has 28 heavy (non-hydrogen) atoms. The van der Waals surface area contributed by atoms with Crippen molar-refractivity contribution < 1.29 is 15.3 Å². The lowest BCUT2D eigenvalue weighted by Gasteiger charge is -2.62. The third-order valence-corrected chi connectivity index (χ3v) is 6.60. The second-order valence-electron chi connectivity index (χ2n) is 8.32. The molecule has 2 aromatic rings. The van der Waals surface area contributed by atoms with Crippen molar-refractivity contribution >= 4 is 0 Å². The van der Waals surface area contributed by atoms with E-state index < -0.39 is 16.9 Å². The first kappa shape index (κ1) is 19.6. The van der Waals surface area contributed by atoms with Gasteiger partial charge in [-0.25, -0.2) is 0 Å². The Bertz CT molecular complexity index is 690. The Labute approximate surface area is 166 Å². The third-order valence-electron chi connectivity index (χ3n) is 6.60. The van der Waals surface area contributed by atoms with E-state index in [2.05, 4.69) is 34.1 Å². The van der Waals surface area contributed by atoms with E-state index in [0.29, 0.717) is 39.3 Å². The molecule has 0 unspecified atom stereocenters. The monoisotopic (exact) mass is 382 g/mol. The molecule has 2 saturated heterocycles. The summed E-state index contributed by atoms with van der Waals surface area (Å²) in [6, 6.07) is 20.5. The fraction of sp³-hybridized carbons (Fsp3) is 0.478. The van der Waals surface area contributed by atoms with Crippen LogP contribution in [0.25, 0.3) is 0 Å². The Morgan fingerprint density at radius 1 is 0.679 bits per heavy atom. The maximum absolute atomic E-state index is 11.9. The Kier molecular flexibility index (Phi) is 5.54. The van der Waals surface area contributed by atoms with Gasteiger partial charge in [0, 0.05) is 50.1 Å². The van der Waals surface area contributed by atoms with Crippen molar-refractivity contribution in [2.75, 3.05) is 52.5 Å². The zero-order valence-corrected chi connectivity index (χ0v) is 16.2. The van der Waals surface area contributed by atoms with E-state index >= 15 is 0 Å². The lowest BCUT2D eigenvalue weighted by Crippen LogP contribution is -2.75. The molecule has 2 aliphatic heterocycles. The Morgan fingerprint density at radius 2 is 1.04 bits per heavy atom. The molecule has 2 bridgehead atoms. The molecule has 4 rings (SSSR count). The topological polar surface area (TPSA) is 67.2 Å². The van der Waals surface area contributed by atoms with Crippen LogP contribution in [-0.2, 0) is 10.8 Å². The van der Waals surface area contributed by atoms with Gasteiger partial charge in [0.15, 0.2) is 0 Å². The lowest BCUT2D eigenvalue weighted by atomic mass is 9.56. The highest BCUT2D eigenvalue weighted by molar-refractivity contribution is 5.40. The minimum atomic E-state index is -0.547. The first-order valence-electron chi connectivity index (χ1n) is 10.1. The van der Waals surface area contributed by atoms with Gasteiger partial charge in [-0.3, -0.25) is 9.80 Å². The third kappa shape index (κ3) is 3.17. The molecule has 2 aromatic carbocycles. The van der Waals surface area contributed by atoms with E-state index in [0.717, 1.165) is 11.1 Å². The van der Waals surface area contributed by atoms with Gasteiger partial charge in [0.1, 0.15) is 0 Å². The normalized spacial score (nSPS) is 31.0. The summed E-state index contributed by atoms with van der Waals surface area (Å²) in [5, 5.41) is 31.2. The minimum absolute atomic E-state index is 0.103. The Hall–Kier alpha value is -1.76. The average molecular weight is 383 g/mol. The Morgan fingerprint density at radius 3 is 1.36 bits per heavy atom. The summed E-state index contributed by atoms with van der Waals surface area (Å²) in [4.78, 5) is 4.59. The summed E-state index contributed by atoms with van der Waals surface area (Å²) >= 11 is 0. The number of likely N-dealkylation sites (tertiary alicyclic amines) is 2. The van der Waals surface area contributed by atoms with Gasteiger partial charge in [0.2, 0.25) is 0 Å². The molecule has 0 spiro atoms. The van der Waals surface area contributed by atoms with E-state index in [1.54, 1.807) is 0 Å². The number of aliphatic hydroxyl groups excluding tert-OH is 3. The summed E-state index contributed by atoms with van der Waals surface area (Å²) in [5.74, 6) is 0. The number of fused-ring (bicyclic) bond motifs is 2. The number of hydrogen-bond acceptors (Lipinski definition) is 5. The molecular formula is C23H30N2O3. The van der Waals surface area contributed by atoms with Crippen LogP contribution in [0.2, 0.25) is 0 Å². The van der Waals surface area contributed by atoms with Gasteiger partial charge in [-0.15, -0.1) is 0 Å². The molecule has 2 fully saturated rings. The van der Waals surface area contributed by atoms with E-state index in [1.165, 1.54) is 0 Å². The van der Waals surface area contributed by atoms with Gasteiger partial charge in [-0.05, 0) is 11.1 Å². The molecule has 5 nitrogen and oxygen atoms in total. The van der Waals surface area contributed by atoms with Crippen molar-refractivity contribution in [3.8, 4) is 0 Å². The van der Waals surface area contributed by atoms with Crippen LogP contribution in [0.4, 0.5) is 0 Å². The van der Waals surface area contributed by atoms with Crippen LogP contribution in [0.3, 0.4) is 0 Å². The fourth-order valence-corrected chi connectivity index (χ4v) is 5.50. The predicted molar refractivity (Wildman–Crippen MR) is 109 cm³/mol. The maximum atomic E-state index is 11.9. The van der Waals surface area contributed by atoms with E-state index in [1.807, 2.05) is 36.4 Å². The zero-order chi connectivity index (χ0) is 19.6. The zero-order valence-electron chi connectivity index (χ0n) is 16.2. The van der Waals surface area contributed by atoms with Gasteiger partial charge in [0.05, 0.1) is 19.3 Å². The van der Waals surface area contributed by atoms with Crippen molar-refractivity contribution in [2.45, 2.75) is 16.9 Å². The van der Waals surface area contributed by atoms with Crippen molar-refractivity contribution in [1.29, 1.82) is 0 Å². The van der Waals surface area contributed by atoms with E-state index in [4.69, 9.17) is 0 Å². The molecule has 0 saturated carbocycles. The van der Waals surface area contributed by atoms with Crippen molar-refractivity contribution in [3.05, 3.63) is 71.8 Å². The molecule has 2 heterocycles. The second-order valence-corrected chi connectivity index (χ2v) is 8.32. The molecule has 5 heteroatoms. The van der Waals surface area contributed by atoms with E-state index in [-0.39, 0.29) is 13.2 Å². The van der Waals surface area contributed by atoms with E-state index in [9.17, 15) is 15.3 Å². The highest BCUT2D eigenvalue weighted by Crippen LogP contribution is 2.49. The number of nitrogens with zero attached hydrogens (tertiary/aromatic N) is 2. The number of benzene rings is 2. The highest BCUT2D eigenvalue weighted by Gasteiger charge is 2.60. The van der Waals surface area contributed by atoms with Crippen LogP contribution in [0.1, 0.15) is 11.1 Å². The summed E-state index contributed by atoms with van der Waals surface area (Å²) in [6.07, 6.45) is -0.547. The molecule has 0 aromatic heterocycles. The number of hydrogen-bond donors (Lipinski definition) is 3. The predicted octanol–water partition coefficient (Wildman–Crippen LogP) is 0.839. The van der Waals surface area contributed by atoms with Gasteiger partial charge >= 0.3 is 0 Å². The smallest absolute Gasteiger partial charge is 0.0782 e. The fourth-order valence-electron chi connectivity index (χ4n) is 5.50. The second kappa shape index (κ2) is 7.93. The summed E-state index contributed by atoms with van der Waals surface area (Å²) < 4.78 is 0. The first-order valence-corrected chi connectivity index (χ1v) is 10.1. The van der Waals surface area contributed by atoms with Crippen LogP contribution in [0, 0.1) is 0 Å². The van der Waals surface area contributed by atoms with Crippen molar-refractivity contribution in [2.24, 2.45) is 0 Å². The maximum Gasteiger partial charge on any atom is 0.0782 e. The Balaban J connectivity index is 1.87. The molecule has 0 atom stereocenters. The van der Waals surface area contributed by atoms with Gasteiger partial charge in [0.25, 0.3) is 0 Å². The quantitative estimate of drug-likeness (QED) is 0.691. The van der Waals surface area contributed by atoms with Crippen molar-refractivity contribution in [3.63, 3.8) is 0 Å². The first-order chi connectivity index (χ1) is 13.6. The molecule has 0 amide bonds. The van der Waals surface area contributed by atoms with Crippen LogP contribution in [0.5, 0.6) is 0 Å². The minimum Gasteiger partial charge on any atom is -0.395 e. The lowest BCUT2D eigenvalue weighted by molar-refractivity contribution is -0.121. The molecule has 0 radical (unpaired) electrons. The van der Waals surface area contributed by atoms with Crippen LogP contribution in [0.15, 0.2) is 60.7 Å². The standard InChI is InChI=1S/C23H30N2O3/c26-13-11-24-15-22(19-7-3-1-4-8-19)16-25(12-14-27)18-23(17-24,21(22)28)20-9-5-2-6-10-20/h1-10,21,26-28H,11-18H2.